The molecule has 28 heavy (non-hydrogen) atoms. The minimum Gasteiger partial charge on any atom is -0.444 e. The van der Waals surface area contributed by atoms with E-state index in [1.165, 1.54) is 18.0 Å². The SMILES string of the molecule is C=CN(C(C)=O)C12COC(CNC(=O)OC(C)(C)C)(CO1)[C@@H]1OC(C)(C)OC12. The topological polar surface area (TPSA) is 95.6 Å². The lowest BCUT2D eigenvalue weighted by Crippen LogP contribution is -2.79. The normalized spacial score (nSPS) is 35.8. The molecule has 0 saturated carbocycles. The van der Waals surface area contributed by atoms with Crippen LogP contribution in [0.2, 0.25) is 0 Å². The number of fused-ring (bicyclic) bond motifs is 2. The molecule has 4 atom stereocenters. The van der Waals surface area contributed by atoms with E-state index in [0.29, 0.717) is 0 Å². The highest BCUT2D eigenvalue weighted by molar-refractivity contribution is 5.75. The van der Waals surface area contributed by atoms with E-state index in [1.807, 2.05) is 0 Å². The van der Waals surface area contributed by atoms with Gasteiger partial charge in [0.1, 0.15) is 23.4 Å². The van der Waals surface area contributed by atoms with Gasteiger partial charge in [-0.2, -0.15) is 0 Å². The summed E-state index contributed by atoms with van der Waals surface area (Å²) in [6.45, 7) is 14.4. The molecule has 4 heterocycles. The monoisotopic (exact) mass is 398 g/mol. The minimum absolute atomic E-state index is 0.0647. The molecule has 4 aliphatic rings. The molecule has 4 aliphatic heterocycles. The molecule has 0 aliphatic carbocycles. The molecule has 1 N–H and O–H groups in total. The summed E-state index contributed by atoms with van der Waals surface area (Å²) in [5.74, 6) is -1.14. The lowest BCUT2D eigenvalue weighted by molar-refractivity contribution is -0.358. The Morgan fingerprint density at radius 3 is 2.36 bits per heavy atom. The van der Waals surface area contributed by atoms with Gasteiger partial charge in [0.2, 0.25) is 5.91 Å². The summed E-state index contributed by atoms with van der Waals surface area (Å²) >= 11 is 0. The molecule has 4 saturated heterocycles. The largest absolute Gasteiger partial charge is 0.444 e. The molecule has 0 aromatic rings. The molecule has 0 aromatic heterocycles. The van der Waals surface area contributed by atoms with Crippen LogP contribution in [0.5, 0.6) is 0 Å². The Bertz CT molecular complexity index is 662. The molecule has 9 nitrogen and oxygen atoms in total. The number of hydrogen-bond acceptors (Lipinski definition) is 7. The van der Waals surface area contributed by atoms with Gasteiger partial charge < -0.3 is 29.0 Å². The van der Waals surface area contributed by atoms with Crippen LogP contribution in [0.1, 0.15) is 41.5 Å². The van der Waals surface area contributed by atoms with Crippen LogP contribution in [0.25, 0.3) is 0 Å². The first kappa shape index (κ1) is 21.0. The fourth-order valence-electron chi connectivity index (χ4n) is 3.95. The van der Waals surface area contributed by atoms with Gasteiger partial charge in [-0.05, 0) is 34.6 Å². The van der Waals surface area contributed by atoms with Crippen molar-refractivity contribution in [2.24, 2.45) is 0 Å². The Morgan fingerprint density at radius 2 is 1.86 bits per heavy atom. The maximum Gasteiger partial charge on any atom is 0.407 e. The van der Waals surface area contributed by atoms with Crippen LogP contribution in [-0.2, 0) is 28.5 Å². The lowest BCUT2D eigenvalue weighted by atomic mass is 9.81. The molecule has 158 valence electrons. The van der Waals surface area contributed by atoms with Gasteiger partial charge in [-0.3, -0.25) is 9.69 Å². The number of ether oxygens (including phenoxy) is 5. The summed E-state index contributed by atoms with van der Waals surface area (Å²) in [7, 11) is 0. The predicted octanol–water partition coefficient (Wildman–Crippen LogP) is 1.52. The van der Waals surface area contributed by atoms with Crippen molar-refractivity contribution in [1.82, 2.24) is 10.2 Å². The molecule has 0 radical (unpaired) electrons. The van der Waals surface area contributed by atoms with E-state index < -0.39 is 41.0 Å². The van der Waals surface area contributed by atoms with Crippen LogP contribution in [0, 0.1) is 0 Å². The van der Waals surface area contributed by atoms with Crippen molar-refractivity contribution < 1.29 is 33.3 Å². The highest BCUT2D eigenvalue weighted by Crippen LogP contribution is 2.50. The van der Waals surface area contributed by atoms with Gasteiger partial charge in [0.05, 0.1) is 19.8 Å². The molecule has 0 aromatic carbocycles. The predicted molar refractivity (Wildman–Crippen MR) is 98.1 cm³/mol. The number of nitrogens with one attached hydrogen (secondary N) is 1. The Morgan fingerprint density at radius 1 is 1.21 bits per heavy atom. The molecule has 4 fully saturated rings. The van der Waals surface area contributed by atoms with Crippen LogP contribution in [-0.4, -0.2) is 71.6 Å². The van der Waals surface area contributed by atoms with Crippen molar-refractivity contribution >= 4 is 12.0 Å². The van der Waals surface area contributed by atoms with E-state index in [0.717, 1.165) is 0 Å². The first-order valence-corrected chi connectivity index (χ1v) is 9.37. The number of alkyl carbamates (subject to hydrolysis) is 1. The quantitative estimate of drug-likeness (QED) is 0.767. The smallest absolute Gasteiger partial charge is 0.407 e. The van der Waals surface area contributed by atoms with Crippen LogP contribution in [0.15, 0.2) is 12.8 Å². The number of carbonyl (C=O) groups is 2. The third-order valence-corrected chi connectivity index (χ3v) is 5.05. The molecule has 4 rings (SSSR count). The van der Waals surface area contributed by atoms with Crippen LogP contribution in [0.3, 0.4) is 0 Å². The highest BCUT2D eigenvalue weighted by Gasteiger charge is 2.71. The molecule has 2 bridgehead atoms. The summed E-state index contributed by atoms with van der Waals surface area (Å²) in [5, 5.41) is 2.74. The van der Waals surface area contributed by atoms with E-state index in [1.54, 1.807) is 34.6 Å². The third-order valence-electron chi connectivity index (χ3n) is 5.05. The number of carbonyl (C=O) groups excluding carboxylic acids is 2. The van der Waals surface area contributed by atoms with Gasteiger partial charge in [0.25, 0.3) is 0 Å². The number of amides is 2. The zero-order valence-corrected chi connectivity index (χ0v) is 17.4. The summed E-state index contributed by atoms with van der Waals surface area (Å²) < 4.78 is 29.8. The molecule has 9 heteroatoms. The zero-order valence-electron chi connectivity index (χ0n) is 17.4. The fraction of sp³-hybridized carbons (Fsp3) is 0.789. The summed E-state index contributed by atoms with van der Waals surface area (Å²) in [5.41, 5.74) is -2.74. The Kier molecular flexibility index (Phi) is 5.03. The Labute approximate surface area is 165 Å². The Balaban J connectivity index is 1.85. The molecule has 2 amide bonds. The summed E-state index contributed by atoms with van der Waals surface area (Å²) in [6, 6.07) is 0. The molecule has 0 spiro atoms. The lowest BCUT2D eigenvalue weighted by Gasteiger charge is -2.59. The average Bonchev–Trinajstić information content (AvgIpc) is 2.91. The van der Waals surface area contributed by atoms with Crippen LogP contribution >= 0.6 is 0 Å². The molecule has 3 unspecified atom stereocenters. The second-order valence-electron chi connectivity index (χ2n) is 8.89. The van der Waals surface area contributed by atoms with Gasteiger partial charge in [-0.1, -0.05) is 6.58 Å². The van der Waals surface area contributed by atoms with E-state index >= 15 is 0 Å². The average molecular weight is 398 g/mol. The number of rotatable bonds is 4. The first-order chi connectivity index (χ1) is 12.8. The second kappa shape index (κ2) is 6.69. The maximum atomic E-state index is 12.2. The van der Waals surface area contributed by atoms with Crippen LogP contribution in [0.4, 0.5) is 4.79 Å². The van der Waals surface area contributed by atoms with E-state index in [4.69, 9.17) is 23.7 Å². The van der Waals surface area contributed by atoms with Crippen molar-refractivity contribution in [2.75, 3.05) is 19.8 Å². The second-order valence-corrected chi connectivity index (χ2v) is 8.89. The summed E-state index contributed by atoms with van der Waals surface area (Å²) in [6.07, 6.45) is -0.303. The maximum absolute atomic E-state index is 12.2. The number of nitrogens with zero attached hydrogens (tertiary/aromatic N) is 1. The van der Waals surface area contributed by atoms with Gasteiger partial charge in [0, 0.05) is 13.1 Å². The Hall–Kier alpha value is -1.68. The van der Waals surface area contributed by atoms with Crippen molar-refractivity contribution in [3.8, 4) is 0 Å². The van der Waals surface area contributed by atoms with Crippen molar-refractivity contribution in [1.29, 1.82) is 0 Å². The van der Waals surface area contributed by atoms with E-state index in [-0.39, 0.29) is 25.7 Å². The van der Waals surface area contributed by atoms with Crippen molar-refractivity contribution in [3.63, 3.8) is 0 Å². The molecular weight excluding hydrogens is 368 g/mol. The van der Waals surface area contributed by atoms with Crippen LogP contribution < -0.4 is 5.32 Å². The van der Waals surface area contributed by atoms with Crippen molar-refractivity contribution in [2.45, 2.75) is 76.5 Å². The fourth-order valence-corrected chi connectivity index (χ4v) is 3.95. The summed E-state index contributed by atoms with van der Waals surface area (Å²) in [4.78, 5) is 25.7. The van der Waals surface area contributed by atoms with Gasteiger partial charge in [0.15, 0.2) is 11.5 Å². The van der Waals surface area contributed by atoms with E-state index in [2.05, 4.69) is 11.9 Å². The van der Waals surface area contributed by atoms with Crippen molar-refractivity contribution in [3.05, 3.63) is 12.8 Å². The number of hydrogen-bond donors (Lipinski definition) is 1. The third kappa shape index (κ3) is 3.52. The molecular formula is C19H30N2O7. The van der Waals surface area contributed by atoms with E-state index in [9.17, 15) is 9.59 Å². The van der Waals surface area contributed by atoms with Gasteiger partial charge in [-0.15, -0.1) is 0 Å². The van der Waals surface area contributed by atoms with Gasteiger partial charge in [-0.25, -0.2) is 4.79 Å². The zero-order chi connectivity index (χ0) is 21.0. The van der Waals surface area contributed by atoms with Gasteiger partial charge >= 0.3 is 6.09 Å². The highest BCUT2D eigenvalue weighted by atomic mass is 16.8. The first-order valence-electron chi connectivity index (χ1n) is 9.37. The minimum atomic E-state index is -1.17. The standard InChI is InChI=1S/C19H30N2O7/c1-8-21(12(2)22)19-11-24-18(10-25-19,9-20-15(23)28-16(3,4)5)13-14(19)27-17(6,7)26-13/h8,13-14H,1,9-11H2,2-7H3,(H,20,23)/t13-,14?,18?,19?/m1/s1.